The molecule has 0 saturated heterocycles. The molecule has 0 bridgehead atoms. The van der Waals surface area contributed by atoms with Crippen LogP contribution in [-0.4, -0.2) is 22.4 Å². The minimum atomic E-state index is -0.0196. The quantitative estimate of drug-likeness (QED) is 0.695. The van der Waals surface area contributed by atoms with E-state index in [1.54, 1.807) is 6.20 Å². The lowest BCUT2D eigenvalue weighted by Crippen LogP contribution is -2.31. The zero-order chi connectivity index (χ0) is 17.9. The van der Waals surface area contributed by atoms with E-state index in [1.165, 1.54) is 11.8 Å². The standard InChI is InChI=1S/C20H16N4OS/c21-12-26-11-13-1-3-14(4-2-13)18-9-15(5-7-22-18)19-10-16-17(24-19)6-8-23-20(16)25/h1-5,7,9-10,24H,6,8,11H2,(H,23,25). The topological polar surface area (TPSA) is 81.6 Å². The number of fused-ring (bicyclic) bond motifs is 1. The molecule has 3 heterocycles. The maximum absolute atomic E-state index is 12.0. The summed E-state index contributed by atoms with van der Waals surface area (Å²) in [4.78, 5) is 19.8. The molecule has 0 unspecified atom stereocenters. The maximum Gasteiger partial charge on any atom is 0.253 e. The van der Waals surface area contributed by atoms with Crippen molar-refractivity contribution in [2.24, 2.45) is 0 Å². The minimum Gasteiger partial charge on any atom is -0.358 e. The molecule has 128 valence electrons. The molecule has 6 heteroatoms. The van der Waals surface area contributed by atoms with Gasteiger partial charge in [-0.05, 0) is 35.5 Å². The van der Waals surface area contributed by atoms with Crippen LogP contribution in [0.4, 0.5) is 0 Å². The second-order valence-electron chi connectivity index (χ2n) is 6.09. The normalized spacial score (nSPS) is 13.0. The van der Waals surface area contributed by atoms with E-state index in [2.05, 4.69) is 20.7 Å². The van der Waals surface area contributed by atoms with E-state index in [4.69, 9.17) is 5.26 Å². The van der Waals surface area contributed by atoms with Crippen LogP contribution in [0.2, 0.25) is 0 Å². The van der Waals surface area contributed by atoms with Crippen LogP contribution < -0.4 is 5.32 Å². The molecule has 1 aromatic carbocycles. The average molecular weight is 360 g/mol. The molecule has 1 amide bonds. The van der Waals surface area contributed by atoms with Gasteiger partial charge in [-0.1, -0.05) is 24.3 Å². The molecule has 0 fully saturated rings. The molecule has 0 spiro atoms. The molecule has 0 aliphatic carbocycles. The fourth-order valence-corrected chi connectivity index (χ4v) is 3.52. The van der Waals surface area contributed by atoms with E-state index >= 15 is 0 Å². The Morgan fingerprint density at radius 2 is 2.00 bits per heavy atom. The van der Waals surface area contributed by atoms with Crippen molar-refractivity contribution >= 4 is 17.7 Å². The number of rotatable bonds is 4. The van der Waals surface area contributed by atoms with Gasteiger partial charge in [0.2, 0.25) is 0 Å². The smallest absolute Gasteiger partial charge is 0.253 e. The van der Waals surface area contributed by atoms with Gasteiger partial charge >= 0.3 is 0 Å². The number of nitrogens with one attached hydrogen (secondary N) is 2. The van der Waals surface area contributed by atoms with Gasteiger partial charge in [-0.25, -0.2) is 0 Å². The fraction of sp³-hybridized carbons (Fsp3) is 0.150. The van der Waals surface area contributed by atoms with Crippen LogP contribution >= 0.6 is 11.8 Å². The van der Waals surface area contributed by atoms with Gasteiger partial charge in [-0.15, -0.1) is 0 Å². The Morgan fingerprint density at radius 1 is 1.15 bits per heavy atom. The molecule has 5 nitrogen and oxygen atoms in total. The molecule has 4 rings (SSSR count). The first-order valence-corrected chi connectivity index (χ1v) is 9.30. The summed E-state index contributed by atoms with van der Waals surface area (Å²) >= 11 is 1.23. The second-order valence-corrected chi connectivity index (χ2v) is 6.85. The van der Waals surface area contributed by atoms with Gasteiger partial charge in [-0.2, -0.15) is 5.26 Å². The van der Waals surface area contributed by atoms with Crippen molar-refractivity contribution in [3.8, 4) is 27.9 Å². The van der Waals surface area contributed by atoms with E-state index in [1.807, 2.05) is 42.5 Å². The molecule has 3 aromatic rings. The first-order valence-electron chi connectivity index (χ1n) is 8.31. The van der Waals surface area contributed by atoms with Gasteiger partial charge in [0.25, 0.3) is 5.91 Å². The molecule has 1 aliphatic heterocycles. The van der Waals surface area contributed by atoms with Crippen molar-refractivity contribution in [2.45, 2.75) is 12.2 Å². The van der Waals surface area contributed by atoms with Crippen molar-refractivity contribution in [3.05, 3.63) is 65.5 Å². The number of pyridine rings is 1. The monoisotopic (exact) mass is 360 g/mol. The fourth-order valence-electron chi connectivity index (χ4n) is 3.09. The summed E-state index contributed by atoms with van der Waals surface area (Å²) in [7, 11) is 0. The zero-order valence-electron chi connectivity index (χ0n) is 14.0. The number of benzene rings is 1. The summed E-state index contributed by atoms with van der Waals surface area (Å²) < 4.78 is 0. The lowest BCUT2D eigenvalue weighted by Gasteiger charge is -2.10. The lowest BCUT2D eigenvalue weighted by atomic mass is 10.1. The van der Waals surface area contributed by atoms with E-state index in [0.29, 0.717) is 12.3 Å². The summed E-state index contributed by atoms with van der Waals surface area (Å²) in [6, 6.07) is 14.0. The Morgan fingerprint density at radius 3 is 2.77 bits per heavy atom. The van der Waals surface area contributed by atoms with Crippen molar-refractivity contribution in [3.63, 3.8) is 0 Å². The van der Waals surface area contributed by atoms with Crippen LogP contribution in [0, 0.1) is 10.7 Å². The number of carbonyl (C=O) groups is 1. The first kappa shape index (κ1) is 16.4. The maximum atomic E-state index is 12.0. The molecule has 2 N–H and O–H groups in total. The molecule has 2 aromatic heterocycles. The van der Waals surface area contributed by atoms with Crippen LogP contribution in [0.5, 0.6) is 0 Å². The molecular weight excluding hydrogens is 344 g/mol. The molecule has 0 saturated carbocycles. The lowest BCUT2D eigenvalue weighted by molar-refractivity contribution is 0.0946. The van der Waals surface area contributed by atoms with E-state index < -0.39 is 0 Å². The third kappa shape index (κ3) is 3.22. The Balaban J connectivity index is 1.63. The number of thioether (sulfide) groups is 1. The Bertz CT molecular complexity index is 1000. The van der Waals surface area contributed by atoms with Crippen LogP contribution in [0.3, 0.4) is 0 Å². The Kier molecular flexibility index (Phi) is 4.46. The SMILES string of the molecule is N#CSCc1ccc(-c2cc(-c3cc4c([nH]3)CCNC4=O)ccn2)cc1. The molecule has 1 aliphatic rings. The van der Waals surface area contributed by atoms with E-state index in [0.717, 1.165) is 45.8 Å². The van der Waals surface area contributed by atoms with Gasteiger partial charge in [0.05, 0.1) is 11.3 Å². The summed E-state index contributed by atoms with van der Waals surface area (Å²) in [5.74, 6) is 0.661. The van der Waals surface area contributed by atoms with Gasteiger partial charge in [0.15, 0.2) is 0 Å². The van der Waals surface area contributed by atoms with Gasteiger partial charge in [-0.3, -0.25) is 9.78 Å². The van der Waals surface area contributed by atoms with Gasteiger partial charge < -0.3 is 10.3 Å². The summed E-state index contributed by atoms with van der Waals surface area (Å²) in [6.45, 7) is 0.670. The number of aromatic amines is 1. The zero-order valence-corrected chi connectivity index (χ0v) is 14.8. The number of thiocyanates is 1. The molecule has 26 heavy (non-hydrogen) atoms. The van der Waals surface area contributed by atoms with E-state index in [-0.39, 0.29) is 5.91 Å². The van der Waals surface area contributed by atoms with Crippen molar-refractivity contribution in [1.82, 2.24) is 15.3 Å². The number of nitriles is 1. The number of hydrogen-bond donors (Lipinski definition) is 2. The van der Waals surface area contributed by atoms with Gasteiger partial charge in [0, 0.05) is 47.4 Å². The van der Waals surface area contributed by atoms with Crippen molar-refractivity contribution < 1.29 is 4.79 Å². The number of carbonyl (C=O) groups excluding carboxylic acids is 1. The summed E-state index contributed by atoms with van der Waals surface area (Å²) in [6.07, 6.45) is 2.60. The number of aromatic nitrogens is 2. The Hall–Kier alpha value is -3.04. The third-order valence-corrected chi connectivity index (χ3v) is 5.04. The highest BCUT2D eigenvalue weighted by Crippen LogP contribution is 2.27. The highest BCUT2D eigenvalue weighted by Gasteiger charge is 2.20. The van der Waals surface area contributed by atoms with E-state index in [9.17, 15) is 4.79 Å². The van der Waals surface area contributed by atoms with Crippen molar-refractivity contribution in [1.29, 1.82) is 5.26 Å². The Labute approximate surface area is 155 Å². The highest BCUT2D eigenvalue weighted by atomic mass is 32.2. The number of H-pyrrole nitrogens is 1. The number of nitrogens with zero attached hydrogens (tertiary/aromatic N) is 2. The minimum absolute atomic E-state index is 0.0196. The average Bonchev–Trinajstić information content (AvgIpc) is 3.13. The predicted octanol–water partition coefficient (Wildman–Crippen LogP) is 3.74. The second kappa shape index (κ2) is 7.06. The summed E-state index contributed by atoms with van der Waals surface area (Å²) in [5, 5.41) is 13.6. The van der Waals surface area contributed by atoms with Crippen molar-refractivity contribution in [2.75, 3.05) is 6.54 Å². The summed E-state index contributed by atoms with van der Waals surface area (Å²) in [5.41, 5.74) is 6.65. The van der Waals surface area contributed by atoms with Crippen LogP contribution in [0.25, 0.3) is 22.5 Å². The number of hydrogen-bond acceptors (Lipinski definition) is 4. The third-order valence-electron chi connectivity index (χ3n) is 4.43. The molecule has 0 radical (unpaired) electrons. The highest BCUT2D eigenvalue weighted by molar-refractivity contribution is 8.02. The van der Waals surface area contributed by atoms with Gasteiger partial charge in [0.1, 0.15) is 5.40 Å². The predicted molar refractivity (Wildman–Crippen MR) is 102 cm³/mol. The molecule has 0 atom stereocenters. The molecular formula is C20H16N4OS. The van der Waals surface area contributed by atoms with Crippen LogP contribution in [-0.2, 0) is 12.2 Å². The first-order chi connectivity index (χ1) is 12.7. The van der Waals surface area contributed by atoms with Crippen LogP contribution in [0.1, 0.15) is 21.6 Å². The van der Waals surface area contributed by atoms with Crippen LogP contribution in [0.15, 0.2) is 48.7 Å². The number of amides is 1. The largest absolute Gasteiger partial charge is 0.358 e.